The van der Waals surface area contributed by atoms with Gasteiger partial charge >= 0.3 is 5.97 Å². The summed E-state index contributed by atoms with van der Waals surface area (Å²) in [5.41, 5.74) is 0.359. The number of carboxylic acid groups (broad SMARTS) is 1. The maximum atomic E-state index is 10.8. The van der Waals surface area contributed by atoms with Crippen LogP contribution in [-0.2, 0) is 34.1 Å². The van der Waals surface area contributed by atoms with Crippen LogP contribution in [-0.4, -0.2) is 11.1 Å². The number of aromatic carboxylic acids is 1. The topological polar surface area (TPSA) is 37.3 Å². The van der Waals surface area contributed by atoms with E-state index in [1.807, 2.05) is 30.3 Å². The molecule has 0 aliphatic heterocycles. The third kappa shape index (κ3) is 2.83. The van der Waals surface area contributed by atoms with Crippen LogP contribution in [0.5, 0.6) is 0 Å². The molecule has 1 N–H and O–H groups in total. The summed E-state index contributed by atoms with van der Waals surface area (Å²) in [5.74, 6) is -0.878. The summed E-state index contributed by atoms with van der Waals surface area (Å²) in [4.78, 5) is 10.8. The molecule has 0 atom stereocenters. The fourth-order valence-corrected chi connectivity index (χ4v) is 1.41. The van der Waals surface area contributed by atoms with E-state index >= 15 is 0 Å². The van der Waals surface area contributed by atoms with Crippen molar-refractivity contribution in [1.82, 2.24) is 0 Å². The molecule has 2 nitrogen and oxygen atoms in total. The van der Waals surface area contributed by atoms with Gasteiger partial charge in [0.15, 0.2) is 0 Å². The smallest absolute Gasteiger partial charge is 0.336 e. The van der Waals surface area contributed by atoms with Crippen LogP contribution in [0.25, 0.3) is 10.8 Å². The minimum Gasteiger partial charge on any atom is -0.478 e. The molecule has 0 aromatic heterocycles. The van der Waals surface area contributed by atoms with E-state index in [9.17, 15) is 4.79 Å². The zero-order chi connectivity index (χ0) is 9.26. The molecule has 0 bridgehead atoms. The summed E-state index contributed by atoms with van der Waals surface area (Å²) in [7, 11) is 0. The van der Waals surface area contributed by atoms with Gasteiger partial charge in [-0.3, -0.25) is 0 Å². The van der Waals surface area contributed by atoms with Crippen LogP contribution in [0.3, 0.4) is 0 Å². The predicted octanol–water partition coefficient (Wildman–Crippen LogP) is 2.53. The average Bonchev–Trinajstić information content (AvgIpc) is 2.17. The van der Waals surface area contributed by atoms with Crippen LogP contribution in [0, 0.1) is 0 Å². The van der Waals surface area contributed by atoms with E-state index in [0.717, 1.165) is 10.8 Å². The largest absolute Gasteiger partial charge is 0.478 e. The molecule has 0 spiro atoms. The molecule has 2 rings (SSSR count). The van der Waals surface area contributed by atoms with E-state index in [2.05, 4.69) is 0 Å². The summed E-state index contributed by atoms with van der Waals surface area (Å²) in [6.45, 7) is 0. The maximum Gasteiger partial charge on any atom is 0.336 e. The molecule has 0 saturated carbocycles. The van der Waals surface area contributed by atoms with Gasteiger partial charge in [0.2, 0.25) is 0 Å². The second kappa shape index (κ2) is 5.94. The van der Waals surface area contributed by atoms with Crippen LogP contribution in [0.2, 0.25) is 0 Å². The molecule has 0 unspecified atom stereocenters. The van der Waals surface area contributed by atoms with Gasteiger partial charge in [0.05, 0.1) is 5.56 Å². The summed E-state index contributed by atoms with van der Waals surface area (Å²) in [6.07, 6.45) is 0. The van der Waals surface area contributed by atoms with Crippen LogP contribution in [0.15, 0.2) is 42.5 Å². The molecule has 4 heteroatoms. The standard InChI is InChI=1S/C11H8O2.Co.Cr/c12-11(13)10-7-3-5-8-4-1-2-6-9(8)10;;/h1-7H,(H,12,13);;. The fourth-order valence-electron chi connectivity index (χ4n) is 1.41. The van der Waals surface area contributed by atoms with Gasteiger partial charge in [0.25, 0.3) is 0 Å². The second-order valence-electron chi connectivity index (χ2n) is 2.83. The van der Waals surface area contributed by atoms with Crippen molar-refractivity contribution in [1.29, 1.82) is 0 Å². The normalized spacial score (nSPS) is 8.80. The summed E-state index contributed by atoms with van der Waals surface area (Å²) >= 11 is 0. The number of fused-ring (bicyclic) bond motifs is 1. The van der Waals surface area contributed by atoms with Crippen molar-refractivity contribution in [2.45, 2.75) is 0 Å². The van der Waals surface area contributed by atoms with E-state index in [1.54, 1.807) is 12.1 Å². The minimum atomic E-state index is -0.878. The predicted molar refractivity (Wildman–Crippen MR) is 50.9 cm³/mol. The van der Waals surface area contributed by atoms with Gasteiger partial charge in [-0.1, -0.05) is 36.4 Å². The number of carbonyl (C=O) groups is 1. The molecular formula is C11H8CoCrO2. The summed E-state index contributed by atoms with van der Waals surface area (Å²) < 4.78 is 0. The summed E-state index contributed by atoms with van der Waals surface area (Å²) in [5, 5.41) is 10.6. The zero-order valence-electron chi connectivity index (χ0n) is 7.64. The molecule has 2 aromatic rings. The number of rotatable bonds is 1. The Morgan fingerprint density at radius 3 is 2.27 bits per heavy atom. The van der Waals surface area contributed by atoms with Gasteiger partial charge in [0.1, 0.15) is 0 Å². The Morgan fingerprint density at radius 2 is 1.60 bits per heavy atom. The monoisotopic (exact) mass is 283 g/mol. The van der Waals surface area contributed by atoms with Crippen molar-refractivity contribution in [2.75, 3.05) is 0 Å². The SMILES string of the molecule is O=C(O)c1cccc2ccccc12.[Co].[Cr]. The molecular weight excluding hydrogens is 275 g/mol. The van der Waals surface area contributed by atoms with Crippen molar-refractivity contribution >= 4 is 16.7 Å². The summed E-state index contributed by atoms with van der Waals surface area (Å²) in [6, 6.07) is 12.7. The fraction of sp³-hybridized carbons (Fsp3) is 0. The van der Waals surface area contributed by atoms with Crippen molar-refractivity contribution in [3.63, 3.8) is 0 Å². The third-order valence-corrected chi connectivity index (χ3v) is 2.02. The van der Waals surface area contributed by atoms with Crippen LogP contribution in [0.4, 0.5) is 0 Å². The Bertz CT molecular complexity index is 466. The molecule has 2 aromatic carbocycles. The Morgan fingerprint density at radius 1 is 1.00 bits per heavy atom. The quantitative estimate of drug-likeness (QED) is 0.873. The van der Waals surface area contributed by atoms with E-state index in [0.29, 0.717) is 5.56 Å². The first-order valence-electron chi connectivity index (χ1n) is 4.00. The maximum absolute atomic E-state index is 10.8. The van der Waals surface area contributed by atoms with Crippen molar-refractivity contribution in [3.05, 3.63) is 48.0 Å². The van der Waals surface area contributed by atoms with Gasteiger partial charge in [0, 0.05) is 34.1 Å². The molecule has 0 aliphatic carbocycles. The van der Waals surface area contributed by atoms with Crippen LogP contribution >= 0.6 is 0 Å². The van der Waals surface area contributed by atoms with E-state index in [-0.39, 0.29) is 34.1 Å². The van der Waals surface area contributed by atoms with Gasteiger partial charge in [-0.25, -0.2) is 4.79 Å². The number of hydrogen-bond donors (Lipinski definition) is 1. The average molecular weight is 283 g/mol. The van der Waals surface area contributed by atoms with Crippen LogP contribution in [0.1, 0.15) is 10.4 Å². The number of benzene rings is 2. The first-order chi connectivity index (χ1) is 6.29. The molecule has 1 radical (unpaired) electrons. The molecule has 0 amide bonds. The molecule has 0 fully saturated rings. The Balaban J connectivity index is 0.000000980. The van der Waals surface area contributed by atoms with Gasteiger partial charge in [-0.2, -0.15) is 0 Å². The Labute approximate surface area is 109 Å². The minimum absolute atomic E-state index is 0. The molecule has 79 valence electrons. The molecule has 0 heterocycles. The number of carboxylic acids is 1. The third-order valence-electron chi connectivity index (χ3n) is 2.02. The van der Waals surface area contributed by atoms with E-state index < -0.39 is 5.97 Å². The van der Waals surface area contributed by atoms with Gasteiger partial charge < -0.3 is 5.11 Å². The second-order valence-corrected chi connectivity index (χ2v) is 2.83. The first-order valence-corrected chi connectivity index (χ1v) is 4.00. The van der Waals surface area contributed by atoms with Crippen molar-refractivity contribution < 1.29 is 44.0 Å². The number of hydrogen-bond acceptors (Lipinski definition) is 1. The zero-order valence-corrected chi connectivity index (χ0v) is 9.95. The first kappa shape index (κ1) is 14.2. The van der Waals surface area contributed by atoms with Crippen molar-refractivity contribution in [2.24, 2.45) is 0 Å². The van der Waals surface area contributed by atoms with Crippen LogP contribution < -0.4 is 0 Å². The molecule has 15 heavy (non-hydrogen) atoms. The Hall–Kier alpha value is -0.791. The molecule has 0 saturated heterocycles. The van der Waals surface area contributed by atoms with E-state index in [1.165, 1.54) is 0 Å². The molecule has 0 aliphatic rings. The Kier molecular flexibility index (Phi) is 5.63. The van der Waals surface area contributed by atoms with Gasteiger partial charge in [-0.15, -0.1) is 0 Å². The van der Waals surface area contributed by atoms with Gasteiger partial charge in [-0.05, 0) is 16.8 Å². The van der Waals surface area contributed by atoms with E-state index in [4.69, 9.17) is 5.11 Å². The van der Waals surface area contributed by atoms with Crippen molar-refractivity contribution in [3.8, 4) is 0 Å².